The van der Waals surface area contributed by atoms with E-state index in [-0.39, 0.29) is 13.2 Å². The molecule has 2 N–H and O–H groups in total. The van der Waals surface area contributed by atoms with Crippen molar-refractivity contribution in [2.24, 2.45) is 0 Å². The number of aryl methyl sites for hydroxylation is 2. The molecule has 1 aromatic rings. The van der Waals surface area contributed by atoms with E-state index in [9.17, 15) is 0 Å². The third-order valence-corrected chi connectivity index (χ3v) is 2.88. The van der Waals surface area contributed by atoms with Crippen LogP contribution in [-0.2, 0) is 6.42 Å². The van der Waals surface area contributed by atoms with E-state index < -0.39 is 0 Å². The van der Waals surface area contributed by atoms with Crippen molar-refractivity contribution < 1.29 is 10.2 Å². The van der Waals surface area contributed by atoms with Crippen LogP contribution in [0, 0.1) is 18.3 Å². The molecule has 0 spiro atoms. The fourth-order valence-electron chi connectivity index (χ4n) is 1.95. The molecule has 4 nitrogen and oxygen atoms in total. The minimum Gasteiger partial charge on any atom is -0.395 e. The number of aliphatic hydroxyl groups is 2. The Hall–Kier alpha value is -1.57. The van der Waals surface area contributed by atoms with Gasteiger partial charge in [-0.25, -0.2) is 0 Å². The predicted molar refractivity (Wildman–Crippen MR) is 71.5 cm³/mol. The Balaban J connectivity index is 2.92. The normalized spacial score (nSPS) is 10.1. The number of benzene rings is 1. The quantitative estimate of drug-likeness (QED) is 0.762. The zero-order valence-electron chi connectivity index (χ0n) is 10.8. The van der Waals surface area contributed by atoms with Crippen LogP contribution in [0.2, 0.25) is 0 Å². The molecule has 0 radical (unpaired) electrons. The smallest absolute Gasteiger partial charge is 0.0625 e. The molecule has 0 fully saturated rings. The maximum atomic E-state index is 9.06. The van der Waals surface area contributed by atoms with Crippen LogP contribution in [0.4, 0.5) is 5.69 Å². The number of rotatable bonds is 7. The van der Waals surface area contributed by atoms with E-state index in [0.29, 0.717) is 19.5 Å². The van der Waals surface area contributed by atoms with Gasteiger partial charge >= 0.3 is 0 Å². The summed E-state index contributed by atoms with van der Waals surface area (Å²) in [5.41, 5.74) is 3.24. The second kappa shape index (κ2) is 7.70. The van der Waals surface area contributed by atoms with Crippen molar-refractivity contribution in [2.75, 3.05) is 31.2 Å². The Morgan fingerprint density at radius 1 is 1.22 bits per heavy atom. The molecule has 0 heterocycles. The highest BCUT2D eigenvalue weighted by Crippen LogP contribution is 2.22. The first-order valence-electron chi connectivity index (χ1n) is 6.16. The minimum atomic E-state index is 0.0574. The van der Waals surface area contributed by atoms with Gasteiger partial charge in [-0.3, -0.25) is 0 Å². The molecule has 0 amide bonds. The van der Waals surface area contributed by atoms with Gasteiger partial charge in [0.25, 0.3) is 0 Å². The van der Waals surface area contributed by atoms with Gasteiger partial charge in [0.05, 0.1) is 19.3 Å². The molecule has 18 heavy (non-hydrogen) atoms. The van der Waals surface area contributed by atoms with Crippen molar-refractivity contribution in [1.29, 1.82) is 5.26 Å². The summed E-state index contributed by atoms with van der Waals surface area (Å²) in [5, 5.41) is 26.7. The average molecular weight is 248 g/mol. The topological polar surface area (TPSA) is 67.5 Å². The van der Waals surface area contributed by atoms with Gasteiger partial charge in [0.2, 0.25) is 0 Å². The molecule has 0 aliphatic rings. The highest BCUT2D eigenvalue weighted by molar-refractivity contribution is 5.55. The van der Waals surface area contributed by atoms with E-state index in [1.807, 2.05) is 30.0 Å². The lowest BCUT2D eigenvalue weighted by Gasteiger charge is -2.25. The maximum absolute atomic E-state index is 9.06. The van der Waals surface area contributed by atoms with E-state index in [0.717, 1.165) is 23.2 Å². The molecular formula is C14H20N2O2. The molecular weight excluding hydrogens is 228 g/mol. The first-order chi connectivity index (χ1) is 8.72. The van der Waals surface area contributed by atoms with E-state index in [4.69, 9.17) is 15.5 Å². The molecule has 0 saturated heterocycles. The van der Waals surface area contributed by atoms with Gasteiger partial charge in [-0.1, -0.05) is 12.1 Å². The highest BCUT2D eigenvalue weighted by atomic mass is 16.3. The Labute approximate surface area is 108 Å². The van der Waals surface area contributed by atoms with Crippen molar-refractivity contribution in [1.82, 2.24) is 0 Å². The zero-order valence-corrected chi connectivity index (χ0v) is 10.8. The van der Waals surface area contributed by atoms with E-state index in [1.165, 1.54) is 0 Å². The molecule has 0 bridgehead atoms. The lowest BCUT2D eigenvalue weighted by Crippen LogP contribution is -2.30. The fraction of sp³-hybridized carbons (Fsp3) is 0.500. The summed E-state index contributed by atoms with van der Waals surface area (Å²) < 4.78 is 0. The molecule has 0 aliphatic heterocycles. The largest absolute Gasteiger partial charge is 0.395 e. The van der Waals surface area contributed by atoms with Gasteiger partial charge in [-0.05, 0) is 30.5 Å². The Morgan fingerprint density at radius 3 is 2.44 bits per heavy atom. The molecule has 98 valence electrons. The first-order valence-corrected chi connectivity index (χ1v) is 6.16. The summed E-state index contributed by atoms with van der Waals surface area (Å²) in [5.74, 6) is 0. The average Bonchev–Trinajstić information content (AvgIpc) is 2.37. The van der Waals surface area contributed by atoms with Crippen LogP contribution in [0.1, 0.15) is 17.5 Å². The second-order valence-corrected chi connectivity index (χ2v) is 4.21. The summed E-state index contributed by atoms with van der Waals surface area (Å²) in [6.45, 7) is 3.13. The summed E-state index contributed by atoms with van der Waals surface area (Å²) in [6, 6.07) is 8.21. The minimum absolute atomic E-state index is 0.0574. The van der Waals surface area contributed by atoms with Crippen LogP contribution in [-0.4, -0.2) is 36.5 Å². The van der Waals surface area contributed by atoms with E-state index in [1.54, 1.807) is 0 Å². The van der Waals surface area contributed by atoms with E-state index >= 15 is 0 Å². The number of hydrogen-bond acceptors (Lipinski definition) is 4. The molecule has 1 aromatic carbocycles. The van der Waals surface area contributed by atoms with Gasteiger partial charge in [0.15, 0.2) is 0 Å². The lowest BCUT2D eigenvalue weighted by atomic mass is 10.1. The Kier molecular flexibility index (Phi) is 6.20. The summed E-state index contributed by atoms with van der Waals surface area (Å²) >= 11 is 0. The maximum Gasteiger partial charge on any atom is 0.0625 e. The van der Waals surface area contributed by atoms with Gasteiger partial charge in [0, 0.05) is 25.2 Å². The van der Waals surface area contributed by atoms with Gasteiger partial charge in [-0.15, -0.1) is 0 Å². The predicted octanol–water partition coefficient (Wildman–Crippen LogP) is 1.24. The molecule has 0 aliphatic carbocycles. The number of hydrogen-bond donors (Lipinski definition) is 2. The summed E-state index contributed by atoms with van der Waals surface area (Å²) in [4.78, 5) is 1.96. The van der Waals surface area contributed by atoms with Crippen LogP contribution in [0.15, 0.2) is 18.2 Å². The number of nitriles is 1. The standard InChI is InChI=1S/C14H20N2O2/c1-12-4-5-13(3-2-6-15)11-14(12)16(7-9-17)8-10-18/h4-5,11,17-18H,2-3,7-10H2,1H3. The van der Waals surface area contributed by atoms with Crippen LogP contribution in [0.25, 0.3) is 0 Å². The Bertz CT molecular complexity index is 407. The monoisotopic (exact) mass is 248 g/mol. The van der Waals surface area contributed by atoms with Crippen molar-refractivity contribution in [3.63, 3.8) is 0 Å². The van der Waals surface area contributed by atoms with Gasteiger partial charge in [0.1, 0.15) is 0 Å². The van der Waals surface area contributed by atoms with E-state index in [2.05, 4.69) is 6.07 Å². The van der Waals surface area contributed by atoms with Crippen molar-refractivity contribution >= 4 is 5.69 Å². The van der Waals surface area contributed by atoms with Crippen LogP contribution in [0.5, 0.6) is 0 Å². The molecule has 1 rings (SSSR count). The van der Waals surface area contributed by atoms with Crippen LogP contribution < -0.4 is 4.90 Å². The molecule has 0 aromatic heterocycles. The molecule has 0 unspecified atom stereocenters. The number of aliphatic hydroxyl groups excluding tert-OH is 2. The fourth-order valence-corrected chi connectivity index (χ4v) is 1.95. The number of anilines is 1. The van der Waals surface area contributed by atoms with Crippen LogP contribution >= 0.6 is 0 Å². The Morgan fingerprint density at radius 2 is 1.89 bits per heavy atom. The van der Waals surface area contributed by atoms with Gasteiger partial charge < -0.3 is 15.1 Å². The molecule has 0 atom stereocenters. The second-order valence-electron chi connectivity index (χ2n) is 4.21. The summed E-state index contributed by atoms with van der Waals surface area (Å²) in [7, 11) is 0. The van der Waals surface area contributed by atoms with Crippen molar-refractivity contribution in [3.05, 3.63) is 29.3 Å². The number of nitrogens with zero attached hydrogens (tertiary/aromatic N) is 2. The van der Waals surface area contributed by atoms with Crippen molar-refractivity contribution in [3.8, 4) is 6.07 Å². The lowest BCUT2D eigenvalue weighted by molar-refractivity contribution is 0.281. The van der Waals surface area contributed by atoms with Crippen LogP contribution in [0.3, 0.4) is 0 Å². The van der Waals surface area contributed by atoms with Crippen molar-refractivity contribution in [2.45, 2.75) is 19.8 Å². The molecule has 4 heteroatoms. The first kappa shape index (κ1) is 14.5. The third kappa shape index (κ3) is 4.02. The molecule has 0 saturated carbocycles. The SMILES string of the molecule is Cc1ccc(CCC#N)cc1N(CCO)CCO. The third-order valence-electron chi connectivity index (χ3n) is 2.88. The summed E-state index contributed by atoms with van der Waals surface area (Å²) in [6.07, 6.45) is 1.23. The highest BCUT2D eigenvalue weighted by Gasteiger charge is 2.09. The zero-order chi connectivity index (χ0) is 13.4. The van der Waals surface area contributed by atoms with Gasteiger partial charge in [-0.2, -0.15) is 5.26 Å².